The second-order valence-corrected chi connectivity index (χ2v) is 3.69. The first-order chi connectivity index (χ1) is 7.73. The van der Waals surface area contributed by atoms with Gasteiger partial charge in [-0.05, 0) is 6.92 Å². The van der Waals surface area contributed by atoms with E-state index < -0.39 is 42.5 Å². The molecule has 1 amide bonds. The van der Waals surface area contributed by atoms with E-state index in [4.69, 9.17) is 21.1 Å². The monoisotopic (exact) mass is 248 g/mol. The number of aliphatic carboxylic acids is 2. The second kappa shape index (κ2) is 6.81. The molecule has 0 aromatic rings. The third kappa shape index (κ3) is 6.48. The van der Waals surface area contributed by atoms with Gasteiger partial charge in [-0.2, -0.15) is 0 Å². The highest BCUT2D eigenvalue weighted by atomic mass is 16.4. The summed E-state index contributed by atoms with van der Waals surface area (Å²) in [4.78, 5) is 32.4. The van der Waals surface area contributed by atoms with Crippen LogP contribution < -0.4 is 11.1 Å². The predicted molar refractivity (Wildman–Crippen MR) is 56.1 cm³/mol. The van der Waals surface area contributed by atoms with Gasteiger partial charge in [-0.3, -0.25) is 9.59 Å². The van der Waals surface area contributed by atoms with Gasteiger partial charge in [-0.25, -0.2) is 4.79 Å². The number of aliphatic hydroxyl groups excluding tert-OH is 1. The summed E-state index contributed by atoms with van der Waals surface area (Å²) in [5.41, 5.74) is 5.17. The summed E-state index contributed by atoms with van der Waals surface area (Å²) in [5.74, 6) is -3.40. The van der Waals surface area contributed by atoms with E-state index in [2.05, 4.69) is 5.32 Å². The molecule has 0 saturated carbocycles. The molecule has 0 fully saturated rings. The van der Waals surface area contributed by atoms with Crippen LogP contribution in [-0.2, 0) is 14.4 Å². The van der Waals surface area contributed by atoms with E-state index in [0.717, 1.165) is 0 Å². The van der Waals surface area contributed by atoms with Crippen molar-refractivity contribution in [2.24, 2.45) is 5.73 Å². The molecule has 0 saturated heterocycles. The number of aliphatic hydroxyl groups is 1. The van der Waals surface area contributed by atoms with Crippen LogP contribution in [0.4, 0.5) is 0 Å². The Labute approximate surface area is 97.4 Å². The molecule has 17 heavy (non-hydrogen) atoms. The van der Waals surface area contributed by atoms with Crippen LogP contribution in [0.25, 0.3) is 0 Å². The molecule has 3 atom stereocenters. The molecule has 0 aromatic carbocycles. The molecule has 8 heteroatoms. The van der Waals surface area contributed by atoms with E-state index >= 15 is 0 Å². The number of rotatable bonds is 7. The summed E-state index contributed by atoms with van der Waals surface area (Å²) in [6.45, 7) is 1.37. The van der Waals surface area contributed by atoms with Crippen molar-refractivity contribution in [3.05, 3.63) is 0 Å². The molecule has 0 aliphatic heterocycles. The number of hydrogen-bond acceptors (Lipinski definition) is 5. The average Bonchev–Trinajstić information content (AvgIpc) is 2.14. The summed E-state index contributed by atoms with van der Waals surface area (Å²) in [5, 5.41) is 28.3. The average molecular weight is 248 g/mol. The zero-order valence-corrected chi connectivity index (χ0v) is 9.29. The largest absolute Gasteiger partial charge is 0.480 e. The number of carbonyl (C=O) groups is 3. The van der Waals surface area contributed by atoms with E-state index in [0.29, 0.717) is 0 Å². The van der Waals surface area contributed by atoms with Crippen molar-refractivity contribution in [2.75, 3.05) is 0 Å². The predicted octanol–water partition coefficient (Wildman–Crippen LogP) is -1.87. The fourth-order valence-corrected chi connectivity index (χ4v) is 1.10. The van der Waals surface area contributed by atoms with Crippen molar-refractivity contribution in [3.63, 3.8) is 0 Å². The summed E-state index contributed by atoms with van der Waals surface area (Å²) >= 11 is 0. The molecule has 0 heterocycles. The van der Waals surface area contributed by atoms with Gasteiger partial charge < -0.3 is 26.4 Å². The SMILES string of the molecule is CC(O)CC(=O)N[C@@H](CC(N)C(=O)O)C(=O)O. The van der Waals surface area contributed by atoms with E-state index in [1.807, 2.05) is 0 Å². The molecule has 0 radical (unpaired) electrons. The maximum absolute atomic E-state index is 11.2. The van der Waals surface area contributed by atoms with Crippen molar-refractivity contribution in [1.82, 2.24) is 5.32 Å². The van der Waals surface area contributed by atoms with Crippen LogP contribution in [0.3, 0.4) is 0 Å². The number of carbonyl (C=O) groups excluding carboxylic acids is 1. The standard InChI is InChI=1S/C9H16N2O6/c1-4(12)2-7(13)11-6(9(16)17)3-5(10)8(14)15/h4-6,12H,2-3,10H2,1H3,(H,11,13)(H,14,15)(H,16,17)/t4?,5?,6-/m0/s1. The van der Waals surface area contributed by atoms with Crippen molar-refractivity contribution in [1.29, 1.82) is 0 Å². The molecule has 8 nitrogen and oxygen atoms in total. The zero-order valence-electron chi connectivity index (χ0n) is 9.29. The molecule has 0 aromatic heterocycles. The number of amides is 1. The van der Waals surface area contributed by atoms with Gasteiger partial charge in [0.15, 0.2) is 0 Å². The van der Waals surface area contributed by atoms with Gasteiger partial charge in [0, 0.05) is 6.42 Å². The highest BCUT2D eigenvalue weighted by Crippen LogP contribution is 1.99. The van der Waals surface area contributed by atoms with Gasteiger partial charge in [0.1, 0.15) is 12.1 Å². The molecular weight excluding hydrogens is 232 g/mol. The van der Waals surface area contributed by atoms with E-state index in [9.17, 15) is 14.4 Å². The van der Waals surface area contributed by atoms with Crippen LogP contribution in [-0.4, -0.2) is 51.4 Å². The Hall–Kier alpha value is -1.67. The lowest BCUT2D eigenvalue weighted by atomic mass is 10.1. The van der Waals surface area contributed by atoms with Crippen molar-refractivity contribution in [2.45, 2.75) is 38.0 Å². The van der Waals surface area contributed by atoms with Crippen LogP contribution in [0.2, 0.25) is 0 Å². The van der Waals surface area contributed by atoms with Gasteiger partial charge in [0.25, 0.3) is 0 Å². The third-order valence-electron chi connectivity index (χ3n) is 1.92. The fraction of sp³-hybridized carbons (Fsp3) is 0.667. The molecule has 0 rings (SSSR count). The summed E-state index contributed by atoms with van der Waals surface area (Å²) in [7, 11) is 0. The smallest absolute Gasteiger partial charge is 0.326 e. The molecule has 0 bridgehead atoms. The molecule has 0 spiro atoms. The van der Waals surface area contributed by atoms with E-state index in [-0.39, 0.29) is 6.42 Å². The van der Waals surface area contributed by atoms with Crippen molar-refractivity contribution in [3.8, 4) is 0 Å². The number of carboxylic acids is 2. The lowest BCUT2D eigenvalue weighted by Crippen LogP contribution is -2.47. The second-order valence-electron chi connectivity index (χ2n) is 3.69. The van der Waals surface area contributed by atoms with E-state index in [1.54, 1.807) is 0 Å². The van der Waals surface area contributed by atoms with Crippen LogP contribution in [0.15, 0.2) is 0 Å². The molecule has 0 aliphatic rings. The van der Waals surface area contributed by atoms with Gasteiger partial charge in [0.05, 0.1) is 12.5 Å². The summed E-state index contributed by atoms with van der Waals surface area (Å²) in [6.07, 6.45) is -1.58. The molecule has 2 unspecified atom stereocenters. The minimum atomic E-state index is -1.38. The Bertz CT molecular complexity index is 304. The Balaban J connectivity index is 4.39. The number of nitrogens with two attached hydrogens (primary N) is 1. The Morgan fingerprint density at radius 3 is 2.12 bits per heavy atom. The highest BCUT2D eigenvalue weighted by Gasteiger charge is 2.26. The highest BCUT2D eigenvalue weighted by molar-refractivity contribution is 5.84. The molecule has 98 valence electrons. The Morgan fingerprint density at radius 2 is 1.76 bits per heavy atom. The third-order valence-corrected chi connectivity index (χ3v) is 1.92. The number of hydrogen-bond donors (Lipinski definition) is 5. The number of nitrogens with one attached hydrogen (secondary N) is 1. The van der Waals surface area contributed by atoms with Crippen LogP contribution >= 0.6 is 0 Å². The molecule has 6 N–H and O–H groups in total. The van der Waals surface area contributed by atoms with Crippen molar-refractivity contribution < 1.29 is 29.7 Å². The quantitative estimate of drug-likeness (QED) is 0.354. The maximum atomic E-state index is 11.2. The van der Waals surface area contributed by atoms with Gasteiger partial charge in [0.2, 0.25) is 5.91 Å². The van der Waals surface area contributed by atoms with Crippen LogP contribution in [0.1, 0.15) is 19.8 Å². The van der Waals surface area contributed by atoms with Crippen molar-refractivity contribution >= 4 is 17.8 Å². The minimum absolute atomic E-state index is 0.258. The summed E-state index contributed by atoms with van der Waals surface area (Å²) < 4.78 is 0. The first kappa shape index (κ1) is 15.3. The zero-order chi connectivity index (χ0) is 13.6. The number of carboxylic acid groups (broad SMARTS) is 2. The topological polar surface area (TPSA) is 150 Å². The van der Waals surface area contributed by atoms with Gasteiger partial charge in [-0.15, -0.1) is 0 Å². The molecular formula is C9H16N2O6. The van der Waals surface area contributed by atoms with E-state index in [1.165, 1.54) is 6.92 Å². The lowest BCUT2D eigenvalue weighted by Gasteiger charge is -2.17. The minimum Gasteiger partial charge on any atom is -0.480 e. The van der Waals surface area contributed by atoms with Crippen LogP contribution in [0.5, 0.6) is 0 Å². The van der Waals surface area contributed by atoms with Crippen LogP contribution in [0, 0.1) is 0 Å². The Morgan fingerprint density at radius 1 is 1.24 bits per heavy atom. The van der Waals surface area contributed by atoms with Gasteiger partial charge in [-0.1, -0.05) is 0 Å². The normalized spacial score (nSPS) is 15.7. The first-order valence-corrected chi connectivity index (χ1v) is 4.92. The molecule has 0 aliphatic carbocycles. The summed E-state index contributed by atoms with van der Waals surface area (Å²) in [6, 6.07) is -2.75. The lowest BCUT2D eigenvalue weighted by molar-refractivity contribution is -0.144. The fourth-order valence-electron chi connectivity index (χ4n) is 1.10. The van der Waals surface area contributed by atoms with Gasteiger partial charge >= 0.3 is 11.9 Å². The first-order valence-electron chi connectivity index (χ1n) is 4.92. The maximum Gasteiger partial charge on any atom is 0.326 e. The Kier molecular flexibility index (Phi) is 6.15.